The molecule has 0 atom stereocenters. The molecule has 0 unspecified atom stereocenters. The second-order valence-electron chi connectivity index (χ2n) is 18.0. The Hall–Kier alpha value is -2.44. The Morgan fingerprint density at radius 3 is 0.945 bits per heavy atom. The summed E-state index contributed by atoms with van der Waals surface area (Å²) in [7, 11) is 7.51. The van der Waals surface area contributed by atoms with Gasteiger partial charge in [0.2, 0.25) is 0 Å². The van der Waals surface area contributed by atoms with Crippen molar-refractivity contribution in [3.8, 4) is 11.5 Å². The van der Waals surface area contributed by atoms with Gasteiger partial charge in [0.15, 0.2) is 0 Å². The fraction of sp³-hybridized carbons (Fsp3) is 0.695. The van der Waals surface area contributed by atoms with Gasteiger partial charge in [0, 0.05) is 24.7 Å². The molecule has 0 saturated heterocycles. The van der Waals surface area contributed by atoms with Crippen molar-refractivity contribution in [3.63, 3.8) is 0 Å². The van der Waals surface area contributed by atoms with E-state index in [1.807, 2.05) is 42.5 Å². The van der Waals surface area contributed by atoms with Crippen LogP contribution in [0.25, 0.3) is 0 Å². The van der Waals surface area contributed by atoms with Crippen LogP contribution in [0.4, 0.5) is 0 Å². The molecule has 0 aliphatic heterocycles. The quantitative estimate of drug-likeness (QED) is 0.0328. The van der Waals surface area contributed by atoms with Crippen LogP contribution in [0.2, 0.25) is 0 Å². The first-order valence-electron chi connectivity index (χ1n) is 27.7. The minimum Gasteiger partial charge on any atom is -0.497 e. The average molecular weight is 1060 g/mol. The van der Waals surface area contributed by atoms with Gasteiger partial charge in [-0.05, 0) is 66.6 Å². The van der Waals surface area contributed by atoms with Gasteiger partial charge >= 0.3 is 0 Å². The second-order valence-corrected chi connectivity index (χ2v) is 20.7. The van der Waals surface area contributed by atoms with E-state index >= 15 is 0 Å². The van der Waals surface area contributed by atoms with E-state index in [0.717, 1.165) is 54.2 Å². The predicted molar refractivity (Wildman–Crippen MR) is 300 cm³/mol. The number of ether oxygens (including phenoxy) is 11. The van der Waals surface area contributed by atoms with E-state index in [-0.39, 0.29) is 6.61 Å². The Morgan fingerprint density at radius 2 is 0.603 bits per heavy atom. The van der Waals surface area contributed by atoms with Crippen LogP contribution >= 0.6 is 21.6 Å². The first-order valence-corrected chi connectivity index (χ1v) is 30.2. The summed E-state index contributed by atoms with van der Waals surface area (Å²) in [5, 5.41) is 8.64. The van der Waals surface area contributed by atoms with E-state index < -0.39 is 5.60 Å². The van der Waals surface area contributed by atoms with Gasteiger partial charge in [-0.3, -0.25) is 0 Å². The summed E-state index contributed by atoms with van der Waals surface area (Å²) in [5.41, 5.74) is 2.13. The van der Waals surface area contributed by atoms with Crippen LogP contribution in [0, 0.1) is 0 Å². The molecular formula is C59H96O12S2. The molecule has 0 amide bonds. The van der Waals surface area contributed by atoms with Crippen molar-refractivity contribution in [2.75, 3.05) is 145 Å². The summed E-state index contributed by atoms with van der Waals surface area (Å²) in [6, 6.07) is 26.4. The third-order valence-corrected chi connectivity index (χ3v) is 14.9. The Labute approximate surface area is 449 Å². The number of hydrogen-bond donors (Lipinski definition) is 1. The van der Waals surface area contributed by atoms with E-state index in [9.17, 15) is 0 Å². The molecule has 3 aromatic carbocycles. The Kier molecular flexibility index (Phi) is 42.6. The van der Waals surface area contributed by atoms with Gasteiger partial charge in [-0.2, -0.15) is 0 Å². The summed E-state index contributed by atoms with van der Waals surface area (Å²) in [6.07, 6.45) is 23.8. The van der Waals surface area contributed by atoms with Gasteiger partial charge in [-0.25, -0.2) is 0 Å². The Bertz CT molecular complexity index is 1560. The molecule has 0 bridgehead atoms. The van der Waals surface area contributed by atoms with Crippen molar-refractivity contribution in [1.29, 1.82) is 0 Å². The van der Waals surface area contributed by atoms with Gasteiger partial charge in [-0.1, -0.05) is 166 Å². The van der Waals surface area contributed by atoms with Crippen molar-refractivity contribution >= 4 is 21.6 Å². The molecule has 3 aromatic rings. The summed E-state index contributed by atoms with van der Waals surface area (Å²) in [5.74, 6) is 4.17. The summed E-state index contributed by atoms with van der Waals surface area (Å²) >= 11 is 0. The number of aliphatic hydroxyl groups excluding tert-OH is 1. The van der Waals surface area contributed by atoms with Gasteiger partial charge in [0.05, 0.1) is 120 Å². The fourth-order valence-corrected chi connectivity index (χ4v) is 10.5. The Morgan fingerprint density at radius 1 is 0.315 bits per heavy atom. The van der Waals surface area contributed by atoms with Gasteiger partial charge < -0.3 is 57.2 Å². The van der Waals surface area contributed by atoms with Gasteiger partial charge in [0.1, 0.15) is 17.1 Å². The first-order chi connectivity index (χ1) is 36.2. The standard InChI is InChI=1S/C59H96O12S2/c1-61-57-30-26-55(27-31-57)59(54-24-18-17-19-25-54,56-28-32-58(62-2)33-29-56)71-51-50-70-49-48-69-47-45-67-42-39-64-36-21-14-10-6-4-8-12-16-23-53-73-72-52-22-15-11-7-3-5-9-13-20-35-63-38-41-66-44-46-68-43-40-65-37-34-60/h17-19,24-33,60H,3-16,20-23,34-53H2,1-2H3. The third kappa shape index (κ3) is 32.7. The Balaban J connectivity index is 0.997. The smallest absolute Gasteiger partial charge is 0.143 e. The van der Waals surface area contributed by atoms with Crippen LogP contribution in [-0.4, -0.2) is 150 Å². The highest BCUT2D eigenvalue weighted by molar-refractivity contribution is 8.76. The molecule has 0 radical (unpaired) electrons. The van der Waals surface area contributed by atoms with E-state index in [2.05, 4.69) is 58.0 Å². The fourth-order valence-electron chi connectivity index (χ4n) is 8.24. The molecule has 0 spiro atoms. The molecule has 14 heteroatoms. The molecule has 416 valence electrons. The number of aliphatic hydroxyl groups is 1. The minimum absolute atomic E-state index is 0.0478. The van der Waals surface area contributed by atoms with Crippen molar-refractivity contribution in [1.82, 2.24) is 0 Å². The zero-order valence-corrected chi connectivity index (χ0v) is 46.8. The number of methoxy groups -OCH3 is 2. The zero-order chi connectivity index (χ0) is 51.6. The molecule has 0 aliphatic carbocycles. The summed E-state index contributed by atoms with van der Waals surface area (Å²) in [6.45, 7) is 9.50. The number of unbranched alkanes of at least 4 members (excludes halogenated alkanes) is 16. The predicted octanol–water partition coefficient (Wildman–Crippen LogP) is 12.5. The first kappa shape index (κ1) is 64.8. The van der Waals surface area contributed by atoms with Crippen LogP contribution in [-0.2, 0) is 48.2 Å². The zero-order valence-electron chi connectivity index (χ0n) is 45.1. The van der Waals surface area contributed by atoms with E-state index in [0.29, 0.717) is 99.1 Å². The van der Waals surface area contributed by atoms with E-state index in [4.69, 9.17) is 57.2 Å². The maximum absolute atomic E-state index is 8.64. The highest BCUT2D eigenvalue weighted by Gasteiger charge is 2.37. The van der Waals surface area contributed by atoms with Crippen molar-refractivity contribution < 1.29 is 57.2 Å². The lowest BCUT2D eigenvalue weighted by molar-refractivity contribution is -0.0384. The highest BCUT2D eigenvalue weighted by Crippen LogP contribution is 2.41. The third-order valence-electron chi connectivity index (χ3n) is 12.3. The normalized spacial score (nSPS) is 11.7. The van der Waals surface area contributed by atoms with Crippen LogP contribution in [0.3, 0.4) is 0 Å². The van der Waals surface area contributed by atoms with Crippen LogP contribution < -0.4 is 9.47 Å². The minimum atomic E-state index is -0.864. The largest absolute Gasteiger partial charge is 0.497 e. The summed E-state index contributed by atoms with van der Waals surface area (Å²) < 4.78 is 62.6. The molecule has 0 heterocycles. The lowest BCUT2D eigenvalue weighted by atomic mass is 9.80. The second kappa shape index (κ2) is 48.0. The SMILES string of the molecule is COc1ccc(C(OCCOCCOCCOCCOCCCCCCCCCCCSSCCCCCCCCCCCOCCOCCOCCOCCO)(c2ccccc2)c2ccc(OC)cc2)cc1. The lowest BCUT2D eigenvalue weighted by Crippen LogP contribution is -2.34. The molecule has 0 fully saturated rings. The topological polar surface area (TPSA) is 122 Å². The highest BCUT2D eigenvalue weighted by atomic mass is 33.1. The van der Waals surface area contributed by atoms with Crippen LogP contribution in [0.15, 0.2) is 78.9 Å². The maximum atomic E-state index is 8.64. The van der Waals surface area contributed by atoms with Crippen LogP contribution in [0.1, 0.15) is 132 Å². The van der Waals surface area contributed by atoms with Crippen molar-refractivity contribution in [2.24, 2.45) is 0 Å². The molecule has 3 rings (SSSR count). The molecular weight excluding hydrogens is 965 g/mol. The monoisotopic (exact) mass is 1060 g/mol. The van der Waals surface area contributed by atoms with Gasteiger partial charge in [0.25, 0.3) is 0 Å². The number of hydrogen-bond acceptors (Lipinski definition) is 14. The number of rotatable bonds is 54. The van der Waals surface area contributed by atoms with Crippen molar-refractivity contribution in [2.45, 2.75) is 121 Å². The van der Waals surface area contributed by atoms with Crippen molar-refractivity contribution in [3.05, 3.63) is 95.6 Å². The molecule has 12 nitrogen and oxygen atoms in total. The van der Waals surface area contributed by atoms with Crippen LogP contribution in [0.5, 0.6) is 11.5 Å². The number of benzene rings is 3. The van der Waals surface area contributed by atoms with Gasteiger partial charge in [-0.15, -0.1) is 0 Å². The molecule has 73 heavy (non-hydrogen) atoms. The molecule has 0 aromatic heterocycles. The molecule has 0 saturated carbocycles. The summed E-state index contributed by atoms with van der Waals surface area (Å²) in [4.78, 5) is 0. The van der Waals surface area contributed by atoms with E-state index in [1.165, 1.54) is 114 Å². The lowest BCUT2D eigenvalue weighted by Gasteiger charge is -2.36. The maximum Gasteiger partial charge on any atom is 0.143 e. The molecule has 0 aliphatic rings. The van der Waals surface area contributed by atoms with E-state index in [1.54, 1.807) is 14.2 Å². The average Bonchev–Trinajstić information content (AvgIpc) is 3.43. The molecule has 1 N–H and O–H groups in total.